The van der Waals surface area contributed by atoms with Gasteiger partial charge in [-0.1, -0.05) is 60.7 Å². The summed E-state index contributed by atoms with van der Waals surface area (Å²) < 4.78 is 6.19. The van der Waals surface area contributed by atoms with Crippen molar-refractivity contribution in [3.63, 3.8) is 0 Å². The summed E-state index contributed by atoms with van der Waals surface area (Å²) in [6, 6.07) is 26.7. The number of hydrogen-bond acceptors (Lipinski definition) is 2. The van der Waals surface area contributed by atoms with Gasteiger partial charge in [0.1, 0.15) is 17.1 Å². The van der Waals surface area contributed by atoms with Crippen LogP contribution in [0, 0.1) is 12.3 Å². The topological polar surface area (TPSA) is 21.6 Å². The van der Waals surface area contributed by atoms with Gasteiger partial charge in [0.15, 0.2) is 5.69 Å². The maximum Gasteiger partial charge on any atom is 0.242 e. The van der Waals surface area contributed by atoms with E-state index in [1.165, 1.54) is 0 Å². The minimum absolute atomic E-state index is 0.453. The maximum atomic E-state index is 5.74. The van der Waals surface area contributed by atoms with Crippen molar-refractivity contribution in [2.45, 2.75) is 6.42 Å². The zero-order chi connectivity index (χ0) is 20.3. The molecule has 0 radical (unpaired) electrons. The van der Waals surface area contributed by atoms with E-state index in [1.54, 1.807) is 7.11 Å². The fourth-order valence-electron chi connectivity index (χ4n) is 3.80. The molecule has 29 heavy (non-hydrogen) atoms. The molecule has 0 saturated carbocycles. The highest BCUT2D eigenvalue weighted by molar-refractivity contribution is 6.14. The predicted molar refractivity (Wildman–Crippen MR) is 121 cm³/mol. The minimum atomic E-state index is 0.453. The molecule has 1 heterocycles. The van der Waals surface area contributed by atoms with E-state index in [0.29, 0.717) is 10.9 Å². The number of terminal acetylenes is 1. The highest BCUT2D eigenvalue weighted by Crippen LogP contribution is 2.47. The van der Waals surface area contributed by atoms with Gasteiger partial charge in [0.05, 0.1) is 20.2 Å². The van der Waals surface area contributed by atoms with Gasteiger partial charge in [-0.3, -0.25) is 0 Å². The van der Waals surface area contributed by atoms with Crippen LogP contribution in [0.5, 0.6) is 0 Å². The predicted octanol–water partition coefficient (Wildman–Crippen LogP) is 5.86. The standard InChI is InChI=1S/C26H23N2O/c1-4-12-21-15-11-18-23-26(21)27-25(28(23,2)22-16-9-6-10-17-22)19-24(29-3)20-13-7-5-8-14-20/h1,5-11,13-19H,12H2,2-3H3/q+1. The Morgan fingerprint density at radius 1 is 1.00 bits per heavy atom. The van der Waals surface area contributed by atoms with Gasteiger partial charge in [-0.05, 0) is 5.56 Å². The van der Waals surface area contributed by atoms with Crippen molar-refractivity contribution in [3.05, 3.63) is 96.1 Å². The summed E-state index contributed by atoms with van der Waals surface area (Å²) in [6.45, 7) is 0. The highest BCUT2D eigenvalue weighted by atomic mass is 16.5. The number of amidine groups is 1. The van der Waals surface area contributed by atoms with E-state index < -0.39 is 0 Å². The second-order valence-electron chi connectivity index (χ2n) is 7.06. The Balaban J connectivity index is 1.93. The van der Waals surface area contributed by atoms with Crippen LogP contribution in [0.15, 0.2) is 89.9 Å². The molecule has 0 fully saturated rings. The summed E-state index contributed by atoms with van der Waals surface area (Å²) in [7, 11) is 3.85. The molecule has 142 valence electrons. The molecule has 0 saturated heterocycles. The molecule has 0 spiro atoms. The number of methoxy groups -OCH3 is 1. The summed E-state index contributed by atoms with van der Waals surface area (Å²) in [5, 5.41) is 0. The zero-order valence-corrected chi connectivity index (χ0v) is 16.7. The Bertz CT molecular complexity index is 1120. The molecule has 0 N–H and O–H groups in total. The molecule has 1 atom stereocenters. The van der Waals surface area contributed by atoms with E-state index >= 15 is 0 Å². The Morgan fingerprint density at radius 3 is 2.34 bits per heavy atom. The van der Waals surface area contributed by atoms with E-state index in [0.717, 1.165) is 39.8 Å². The molecule has 4 rings (SSSR count). The van der Waals surface area contributed by atoms with Gasteiger partial charge in [0, 0.05) is 30.2 Å². The number of nitrogens with zero attached hydrogens (tertiary/aromatic N) is 2. The molecular weight excluding hydrogens is 356 g/mol. The van der Waals surface area contributed by atoms with Crippen LogP contribution in [0.3, 0.4) is 0 Å². The molecule has 3 nitrogen and oxygen atoms in total. The Kier molecular flexibility index (Phi) is 5.03. The number of fused-ring (bicyclic) bond motifs is 1. The summed E-state index contributed by atoms with van der Waals surface area (Å²) in [5.74, 6) is 4.42. The number of rotatable bonds is 5. The van der Waals surface area contributed by atoms with E-state index in [-0.39, 0.29) is 0 Å². The van der Waals surface area contributed by atoms with Gasteiger partial charge in [0.2, 0.25) is 5.84 Å². The van der Waals surface area contributed by atoms with Crippen molar-refractivity contribution in [3.8, 4) is 12.3 Å². The minimum Gasteiger partial charge on any atom is -0.496 e. The molecule has 0 aliphatic carbocycles. The van der Waals surface area contributed by atoms with Crippen molar-refractivity contribution in [1.29, 1.82) is 0 Å². The van der Waals surface area contributed by atoms with Crippen LogP contribution in [-0.4, -0.2) is 20.0 Å². The lowest BCUT2D eigenvalue weighted by atomic mass is 10.1. The smallest absolute Gasteiger partial charge is 0.242 e. The van der Waals surface area contributed by atoms with Gasteiger partial charge < -0.3 is 4.74 Å². The number of aliphatic imine (C=N–C) groups is 1. The van der Waals surface area contributed by atoms with Crippen molar-refractivity contribution in [2.24, 2.45) is 4.99 Å². The third-order valence-electron chi connectivity index (χ3n) is 5.37. The van der Waals surface area contributed by atoms with E-state index in [1.807, 2.05) is 42.5 Å². The molecule has 1 aliphatic rings. The lowest BCUT2D eigenvalue weighted by Gasteiger charge is -2.29. The number of para-hydroxylation sites is 2. The third kappa shape index (κ3) is 3.24. The molecule has 1 unspecified atom stereocenters. The van der Waals surface area contributed by atoms with Crippen LogP contribution in [0.4, 0.5) is 17.1 Å². The second kappa shape index (κ2) is 7.79. The van der Waals surface area contributed by atoms with Crippen LogP contribution >= 0.6 is 0 Å². The molecular formula is C26H23N2O+. The van der Waals surface area contributed by atoms with Gasteiger partial charge >= 0.3 is 0 Å². The first-order chi connectivity index (χ1) is 14.2. The third-order valence-corrected chi connectivity index (χ3v) is 5.37. The Hall–Kier alpha value is -3.61. The Labute approximate surface area is 172 Å². The number of likely N-dealkylation sites (N-methyl/N-ethyl adjacent to an activating group) is 1. The summed E-state index contributed by atoms with van der Waals surface area (Å²) in [5.41, 5.74) is 5.26. The first-order valence-electron chi connectivity index (χ1n) is 9.57. The molecule has 0 amide bonds. The molecule has 0 aromatic heterocycles. The number of benzene rings is 3. The SMILES string of the molecule is C#CCc1cccc2c1N=C(C=C(OC)c1ccccc1)[N+]2(C)c1ccccc1. The van der Waals surface area contributed by atoms with Gasteiger partial charge in [-0.15, -0.1) is 12.3 Å². The quantitative estimate of drug-likeness (QED) is 0.309. The zero-order valence-electron chi connectivity index (χ0n) is 16.7. The van der Waals surface area contributed by atoms with Crippen molar-refractivity contribution < 1.29 is 4.74 Å². The van der Waals surface area contributed by atoms with Crippen LogP contribution < -0.4 is 4.48 Å². The van der Waals surface area contributed by atoms with Gasteiger partial charge in [-0.25, -0.2) is 4.48 Å². The number of ether oxygens (including phenoxy) is 1. The van der Waals surface area contributed by atoms with Crippen molar-refractivity contribution in [1.82, 2.24) is 4.48 Å². The Morgan fingerprint density at radius 2 is 1.69 bits per heavy atom. The molecule has 0 bridgehead atoms. The average molecular weight is 379 g/mol. The molecule has 3 heteroatoms. The van der Waals surface area contributed by atoms with Gasteiger partial charge in [0.25, 0.3) is 0 Å². The van der Waals surface area contributed by atoms with Crippen molar-refractivity contribution >= 4 is 28.7 Å². The maximum absolute atomic E-state index is 5.74. The van der Waals surface area contributed by atoms with E-state index in [4.69, 9.17) is 16.2 Å². The fraction of sp³-hybridized carbons (Fsp3) is 0.115. The summed E-state index contributed by atoms with van der Waals surface area (Å²) in [4.78, 5) is 5.05. The molecule has 1 aliphatic heterocycles. The molecule has 3 aromatic carbocycles. The number of quaternary nitrogens is 1. The first-order valence-corrected chi connectivity index (χ1v) is 9.57. The second-order valence-corrected chi connectivity index (χ2v) is 7.06. The highest BCUT2D eigenvalue weighted by Gasteiger charge is 2.42. The van der Waals surface area contributed by atoms with Crippen LogP contribution in [0.25, 0.3) is 5.76 Å². The normalized spacial score (nSPS) is 18.0. The van der Waals surface area contributed by atoms with Gasteiger partial charge in [-0.2, -0.15) is 4.99 Å². The first kappa shape index (κ1) is 18.7. The summed E-state index contributed by atoms with van der Waals surface area (Å²) in [6.07, 6.45) is 8.19. The largest absolute Gasteiger partial charge is 0.496 e. The van der Waals surface area contributed by atoms with Crippen LogP contribution in [-0.2, 0) is 11.2 Å². The lowest BCUT2D eigenvalue weighted by molar-refractivity contribution is 0.370. The monoisotopic (exact) mass is 379 g/mol. The van der Waals surface area contributed by atoms with Crippen LogP contribution in [0.2, 0.25) is 0 Å². The van der Waals surface area contributed by atoms with E-state index in [9.17, 15) is 0 Å². The fourth-order valence-corrected chi connectivity index (χ4v) is 3.80. The lowest BCUT2D eigenvalue weighted by Crippen LogP contribution is -2.42. The van der Waals surface area contributed by atoms with E-state index in [2.05, 4.69) is 55.4 Å². The average Bonchev–Trinajstić information content (AvgIpc) is 3.07. The molecule has 3 aromatic rings. The summed E-state index contributed by atoms with van der Waals surface area (Å²) >= 11 is 0. The number of hydrogen-bond donors (Lipinski definition) is 0. The van der Waals surface area contributed by atoms with Crippen molar-refractivity contribution in [2.75, 3.05) is 14.2 Å². The van der Waals surface area contributed by atoms with Crippen LogP contribution in [0.1, 0.15) is 11.1 Å².